The van der Waals surface area contributed by atoms with E-state index in [1.807, 2.05) is 0 Å². The van der Waals surface area contributed by atoms with Crippen LogP contribution in [0.1, 0.15) is 5.56 Å². The number of aromatic nitrogens is 1. The van der Waals surface area contributed by atoms with E-state index in [1.54, 1.807) is 6.07 Å². The number of aliphatic hydroxyl groups is 1. The minimum atomic E-state index is -1.19. The molecule has 6 heteroatoms. The molecule has 1 amide bonds. The van der Waals surface area contributed by atoms with Crippen LogP contribution in [-0.4, -0.2) is 34.5 Å². The summed E-state index contributed by atoms with van der Waals surface area (Å²) in [6.07, 6.45) is 1.67. The first-order chi connectivity index (χ1) is 7.12. The van der Waals surface area contributed by atoms with Crippen molar-refractivity contribution in [2.75, 3.05) is 18.5 Å². The monoisotopic (exact) mass is 210 g/mol. The van der Waals surface area contributed by atoms with Crippen molar-refractivity contribution in [2.24, 2.45) is 0 Å². The van der Waals surface area contributed by atoms with E-state index < -0.39 is 11.7 Å². The Kier molecular flexibility index (Phi) is 2.29. The maximum atomic E-state index is 10.5. The zero-order valence-corrected chi connectivity index (χ0v) is 7.80. The van der Waals surface area contributed by atoms with Gasteiger partial charge < -0.3 is 14.9 Å². The molecular weight excluding hydrogens is 200 g/mol. The van der Waals surface area contributed by atoms with Crippen LogP contribution in [0.15, 0.2) is 18.5 Å². The van der Waals surface area contributed by atoms with Gasteiger partial charge in [-0.15, -0.1) is 0 Å². The number of ether oxygens (including phenoxy) is 1. The van der Waals surface area contributed by atoms with Crippen LogP contribution >= 0.6 is 0 Å². The van der Waals surface area contributed by atoms with Crippen molar-refractivity contribution in [1.82, 2.24) is 4.98 Å². The van der Waals surface area contributed by atoms with Gasteiger partial charge in [0.2, 0.25) is 0 Å². The number of hydrogen-bond donors (Lipinski definition) is 3. The van der Waals surface area contributed by atoms with Crippen molar-refractivity contribution < 1.29 is 19.7 Å². The molecule has 0 spiro atoms. The number of carboxylic acid groups (broad SMARTS) is 1. The molecular formula is C9H10N2O4. The van der Waals surface area contributed by atoms with E-state index in [9.17, 15) is 9.90 Å². The lowest BCUT2D eigenvalue weighted by atomic mass is 9.92. The van der Waals surface area contributed by atoms with Gasteiger partial charge in [0.05, 0.1) is 25.1 Å². The predicted octanol–water partition coefficient (Wildman–Crippen LogP) is 0.389. The number of anilines is 1. The van der Waals surface area contributed by atoms with Gasteiger partial charge in [-0.3, -0.25) is 10.3 Å². The summed E-state index contributed by atoms with van der Waals surface area (Å²) in [6.45, 7) is 0.344. The standard InChI is InChI=1S/C9H10N2O4/c12-8(13)11-7-3-10-2-1-6(7)9(14)4-15-5-9/h1-3,11,14H,4-5H2,(H,12,13). The first-order valence-electron chi connectivity index (χ1n) is 4.36. The SMILES string of the molecule is O=C(O)Nc1cnccc1C1(O)COC1. The summed E-state index contributed by atoms with van der Waals surface area (Å²) in [4.78, 5) is 14.3. The number of rotatable bonds is 2. The molecule has 2 rings (SSSR count). The van der Waals surface area contributed by atoms with Crippen LogP contribution in [0.2, 0.25) is 0 Å². The minimum Gasteiger partial charge on any atom is -0.465 e. The molecule has 0 saturated carbocycles. The average Bonchev–Trinajstić information content (AvgIpc) is 2.14. The van der Waals surface area contributed by atoms with Crippen LogP contribution in [0.3, 0.4) is 0 Å². The van der Waals surface area contributed by atoms with Gasteiger partial charge in [0.1, 0.15) is 5.60 Å². The van der Waals surface area contributed by atoms with E-state index >= 15 is 0 Å². The molecule has 0 aromatic carbocycles. The Hall–Kier alpha value is -1.66. The Morgan fingerprint density at radius 3 is 2.87 bits per heavy atom. The zero-order valence-electron chi connectivity index (χ0n) is 7.80. The summed E-state index contributed by atoms with van der Waals surface area (Å²) in [6, 6.07) is 1.58. The lowest BCUT2D eigenvalue weighted by molar-refractivity contribution is -0.184. The van der Waals surface area contributed by atoms with E-state index in [1.165, 1.54) is 12.4 Å². The number of amides is 1. The summed E-state index contributed by atoms with van der Waals surface area (Å²) >= 11 is 0. The highest BCUT2D eigenvalue weighted by molar-refractivity contribution is 5.84. The van der Waals surface area contributed by atoms with Crippen LogP contribution in [0.25, 0.3) is 0 Å². The molecule has 80 valence electrons. The first kappa shape index (κ1) is 9.88. The molecule has 15 heavy (non-hydrogen) atoms. The number of nitrogens with zero attached hydrogens (tertiary/aromatic N) is 1. The quantitative estimate of drug-likeness (QED) is 0.656. The van der Waals surface area contributed by atoms with Gasteiger partial charge in [0.15, 0.2) is 0 Å². The van der Waals surface area contributed by atoms with Crippen molar-refractivity contribution >= 4 is 11.8 Å². The van der Waals surface area contributed by atoms with Gasteiger partial charge in [-0.05, 0) is 6.07 Å². The number of carbonyl (C=O) groups is 1. The van der Waals surface area contributed by atoms with Crippen LogP contribution in [0, 0.1) is 0 Å². The predicted molar refractivity (Wildman–Crippen MR) is 50.6 cm³/mol. The molecule has 1 fully saturated rings. The highest BCUT2D eigenvalue weighted by Gasteiger charge is 2.40. The van der Waals surface area contributed by atoms with Crippen molar-refractivity contribution in [3.05, 3.63) is 24.0 Å². The third-order valence-electron chi connectivity index (χ3n) is 2.25. The second-order valence-electron chi connectivity index (χ2n) is 3.38. The second-order valence-corrected chi connectivity index (χ2v) is 3.38. The maximum absolute atomic E-state index is 10.5. The summed E-state index contributed by atoms with van der Waals surface area (Å²) in [7, 11) is 0. The molecule has 0 radical (unpaired) electrons. The average molecular weight is 210 g/mol. The van der Waals surface area contributed by atoms with E-state index in [2.05, 4.69) is 10.3 Å². The lowest BCUT2D eigenvalue weighted by Crippen LogP contribution is -2.47. The topological polar surface area (TPSA) is 91.7 Å². The van der Waals surface area contributed by atoms with E-state index in [0.29, 0.717) is 5.56 Å². The highest BCUT2D eigenvalue weighted by atomic mass is 16.5. The summed E-state index contributed by atoms with van der Waals surface area (Å²) in [5, 5.41) is 20.8. The second kappa shape index (κ2) is 3.48. The molecule has 0 atom stereocenters. The van der Waals surface area contributed by atoms with E-state index in [4.69, 9.17) is 9.84 Å². The molecule has 0 bridgehead atoms. The Morgan fingerprint density at radius 2 is 2.33 bits per heavy atom. The molecule has 0 unspecified atom stereocenters. The first-order valence-corrected chi connectivity index (χ1v) is 4.36. The van der Waals surface area contributed by atoms with Crippen LogP contribution in [0.5, 0.6) is 0 Å². The van der Waals surface area contributed by atoms with Gasteiger partial charge in [0, 0.05) is 11.8 Å². The molecule has 0 aliphatic carbocycles. The summed E-state index contributed by atoms with van der Waals surface area (Å²) in [5.74, 6) is 0. The van der Waals surface area contributed by atoms with Gasteiger partial charge >= 0.3 is 6.09 Å². The Balaban J connectivity index is 2.33. The third-order valence-corrected chi connectivity index (χ3v) is 2.25. The van der Waals surface area contributed by atoms with E-state index in [0.717, 1.165) is 0 Å². The van der Waals surface area contributed by atoms with Crippen LogP contribution < -0.4 is 5.32 Å². The van der Waals surface area contributed by atoms with Crippen molar-refractivity contribution in [3.63, 3.8) is 0 Å². The summed E-state index contributed by atoms with van der Waals surface area (Å²) in [5.41, 5.74) is -0.317. The Morgan fingerprint density at radius 1 is 1.60 bits per heavy atom. The van der Waals surface area contributed by atoms with Crippen molar-refractivity contribution in [1.29, 1.82) is 0 Å². The highest BCUT2D eigenvalue weighted by Crippen LogP contribution is 2.33. The van der Waals surface area contributed by atoms with E-state index in [-0.39, 0.29) is 18.9 Å². The number of nitrogens with one attached hydrogen (secondary N) is 1. The number of hydrogen-bond acceptors (Lipinski definition) is 4. The fourth-order valence-corrected chi connectivity index (χ4v) is 1.47. The molecule has 3 N–H and O–H groups in total. The Labute approximate surface area is 85.5 Å². The molecule has 1 aromatic heterocycles. The van der Waals surface area contributed by atoms with Gasteiger partial charge in [-0.25, -0.2) is 4.79 Å². The summed E-state index contributed by atoms with van der Waals surface area (Å²) < 4.78 is 4.91. The lowest BCUT2D eigenvalue weighted by Gasteiger charge is -2.37. The third kappa shape index (κ3) is 1.77. The van der Waals surface area contributed by atoms with Crippen molar-refractivity contribution in [2.45, 2.75) is 5.60 Å². The fourth-order valence-electron chi connectivity index (χ4n) is 1.47. The van der Waals surface area contributed by atoms with Gasteiger partial charge in [-0.1, -0.05) is 0 Å². The minimum absolute atomic E-state index is 0.172. The molecule has 6 nitrogen and oxygen atoms in total. The maximum Gasteiger partial charge on any atom is 0.409 e. The largest absolute Gasteiger partial charge is 0.465 e. The molecule has 1 saturated heterocycles. The van der Waals surface area contributed by atoms with Gasteiger partial charge in [0.25, 0.3) is 0 Å². The van der Waals surface area contributed by atoms with Crippen LogP contribution in [0.4, 0.5) is 10.5 Å². The zero-order chi connectivity index (χ0) is 10.9. The molecule has 1 aliphatic rings. The number of pyridine rings is 1. The van der Waals surface area contributed by atoms with Crippen LogP contribution in [-0.2, 0) is 10.3 Å². The molecule has 2 heterocycles. The van der Waals surface area contributed by atoms with Gasteiger partial charge in [-0.2, -0.15) is 0 Å². The molecule has 1 aromatic rings. The normalized spacial score (nSPS) is 17.9. The Bertz CT molecular complexity index is 389. The smallest absolute Gasteiger partial charge is 0.409 e. The van der Waals surface area contributed by atoms with Crippen molar-refractivity contribution in [3.8, 4) is 0 Å². The fraction of sp³-hybridized carbons (Fsp3) is 0.333. The molecule has 1 aliphatic heterocycles.